The summed E-state index contributed by atoms with van der Waals surface area (Å²) in [6.45, 7) is 12.7. The maximum absolute atomic E-state index is 3.74. The fraction of sp³-hybridized carbons (Fsp3) is 1.00. The number of rotatable bonds is 4. The van der Waals surface area contributed by atoms with Gasteiger partial charge < -0.3 is 10.2 Å². The molecule has 1 aliphatic rings. The molecule has 0 aromatic heterocycles. The molecular weight excluding hydrogens is 208 g/mol. The Labute approximate surface area is 108 Å². The van der Waals surface area contributed by atoms with E-state index >= 15 is 0 Å². The minimum absolute atomic E-state index is 0.265. The SMILES string of the molecule is CC(C)CN(C)C1CCC(NC(C)(C)C)CC1. The lowest BCUT2D eigenvalue weighted by Gasteiger charge is -2.38. The number of hydrogen-bond acceptors (Lipinski definition) is 2. The molecule has 0 aromatic carbocycles. The van der Waals surface area contributed by atoms with Gasteiger partial charge in [-0.1, -0.05) is 13.8 Å². The third kappa shape index (κ3) is 5.87. The Bertz CT molecular complexity index is 209. The van der Waals surface area contributed by atoms with Gasteiger partial charge in [-0.3, -0.25) is 0 Å². The first kappa shape index (κ1) is 15.0. The van der Waals surface area contributed by atoms with E-state index in [0.29, 0.717) is 0 Å². The first-order chi connectivity index (χ1) is 7.78. The van der Waals surface area contributed by atoms with Gasteiger partial charge in [-0.2, -0.15) is 0 Å². The van der Waals surface area contributed by atoms with E-state index in [1.807, 2.05) is 0 Å². The number of hydrogen-bond donors (Lipinski definition) is 1. The van der Waals surface area contributed by atoms with Crippen LogP contribution in [0.25, 0.3) is 0 Å². The van der Waals surface area contributed by atoms with Gasteiger partial charge in [0.1, 0.15) is 0 Å². The Morgan fingerprint density at radius 1 is 1.12 bits per heavy atom. The molecule has 2 nitrogen and oxygen atoms in total. The monoisotopic (exact) mass is 240 g/mol. The average Bonchev–Trinajstić information content (AvgIpc) is 2.15. The molecule has 1 rings (SSSR count). The van der Waals surface area contributed by atoms with Crippen LogP contribution in [0.15, 0.2) is 0 Å². The highest BCUT2D eigenvalue weighted by Gasteiger charge is 2.26. The Morgan fingerprint density at radius 3 is 2.06 bits per heavy atom. The van der Waals surface area contributed by atoms with Crippen molar-refractivity contribution in [2.75, 3.05) is 13.6 Å². The van der Waals surface area contributed by atoms with Crippen molar-refractivity contribution in [1.82, 2.24) is 10.2 Å². The summed E-state index contributed by atoms with van der Waals surface area (Å²) in [6.07, 6.45) is 5.39. The zero-order valence-corrected chi connectivity index (χ0v) is 12.7. The van der Waals surface area contributed by atoms with Crippen molar-refractivity contribution in [2.24, 2.45) is 5.92 Å². The van der Waals surface area contributed by atoms with Gasteiger partial charge in [-0.15, -0.1) is 0 Å². The third-order valence-corrected chi connectivity index (χ3v) is 3.61. The molecule has 102 valence electrons. The van der Waals surface area contributed by atoms with Crippen molar-refractivity contribution in [1.29, 1.82) is 0 Å². The van der Waals surface area contributed by atoms with Crippen molar-refractivity contribution < 1.29 is 0 Å². The van der Waals surface area contributed by atoms with Crippen LogP contribution in [0.3, 0.4) is 0 Å². The zero-order chi connectivity index (χ0) is 13.1. The van der Waals surface area contributed by atoms with Gasteiger partial charge in [0.25, 0.3) is 0 Å². The Kier molecular flexibility index (Phi) is 5.46. The molecule has 1 N–H and O–H groups in total. The first-order valence-electron chi connectivity index (χ1n) is 7.26. The van der Waals surface area contributed by atoms with E-state index in [1.165, 1.54) is 32.2 Å². The van der Waals surface area contributed by atoms with Crippen molar-refractivity contribution >= 4 is 0 Å². The second-order valence-electron chi connectivity index (χ2n) is 7.23. The lowest BCUT2D eigenvalue weighted by Crippen LogP contribution is -2.47. The fourth-order valence-corrected chi connectivity index (χ4v) is 3.00. The van der Waals surface area contributed by atoms with Crippen LogP contribution >= 0.6 is 0 Å². The minimum atomic E-state index is 0.265. The molecular formula is C15H32N2. The first-order valence-corrected chi connectivity index (χ1v) is 7.26. The standard InChI is InChI=1S/C15H32N2/c1-12(2)11-17(6)14-9-7-13(8-10-14)16-15(3,4)5/h12-14,16H,7-11H2,1-6H3. The number of nitrogens with one attached hydrogen (secondary N) is 1. The van der Waals surface area contributed by atoms with E-state index in [0.717, 1.165) is 18.0 Å². The molecule has 17 heavy (non-hydrogen) atoms. The van der Waals surface area contributed by atoms with Crippen molar-refractivity contribution in [3.05, 3.63) is 0 Å². The summed E-state index contributed by atoms with van der Waals surface area (Å²) in [4.78, 5) is 2.57. The van der Waals surface area contributed by atoms with E-state index in [2.05, 4.69) is 51.9 Å². The molecule has 2 heteroatoms. The lowest BCUT2D eigenvalue weighted by atomic mass is 9.88. The van der Waals surface area contributed by atoms with Gasteiger partial charge in [0, 0.05) is 24.2 Å². The molecule has 0 spiro atoms. The van der Waals surface area contributed by atoms with Gasteiger partial charge >= 0.3 is 0 Å². The Balaban J connectivity index is 2.30. The van der Waals surface area contributed by atoms with E-state index in [1.54, 1.807) is 0 Å². The minimum Gasteiger partial charge on any atom is -0.309 e. The molecule has 0 heterocycles. The van der Waals surface area contributed by atoms with Crippen LogP contribution in [0.1, 0.15) is 60.3 Å². The molecule has 1 fully saturated rings. The van der Waals surface area contributed by atoms with Crippen LogP contribution in [0.2, 0.25) is 0 Å². The van der Waals surface area contributed by atoms with E-state index < -0.39 is 0 Å². The molecule has 1 saturated carbocycles. The molecule has 0 aliphatic heterocycles. The van der Waals surface area contributed by atoms with Gasteiger partial charge in [0.2, 0.25) is 0 Å². The third-order valence-electron chi connectivity index (χ3n) is 3.61. The summed E-state index contributed by atoms with van der Waals surface area (Å²) in [5, 5.41) is 3.74. The maximum Gasteiger partial charge on any atom is 0.00990 e. The highest BCUT2D eigenvalue weighted by molar-refractivity contribution is 4.85. The van der Waals surface area contributed by atoms with Crippen LogP contribution in [-0.4, -0.2) is 36.1 Å². The Morgan fingerprint density at radius 2 is 1.65 bits per heavy atom. The van der Waals surface area contributed by atoms with Crippen LogP contribution in [0.5, 0.6) is 0 Å². The smallest absolute Gasteiger partial charge is 0.00990 e. The van der Waals surface area contributed by atoms with Crippen molar-refractivity contribution in [3.63, 3.8) is 0 Å². The highest BCUT2D eigenvalue weighted by atomic mass is 15.1. The fourth-order valence-electron chi connectivity index (χ4n) is 3.00. The summed E-state index contributed by atoms with van der Waals surface area (Å²) < 4.78 is 0. The summed E-state index contributed by atoms with van der Waals surface area (Å²) in [7, 11) is 2.29. The van der Waals surface area contributed by atoms with Crippen LogP contribution in [0, 0.1) is 5.92 Å². The van der Waals surface area contributed by atoms with Crippen molar-refractivity contribution in [3.8, 4) is 0 Å². The van der Waals surface area contributed by atoms with E-state index in [-0.39, 0.29) is 5.54 Å². The van der Waals surface area contributed by atoms with Gasteiger partial charge in [0.05, 0.1) is 0 Å². The van der Waals surface area contributed by atoms with Crippen LogP contribution in [0.4, 0.5) is 0 Å². The van der Waals surface area contributed by atoms with E-state index in [9.17, 15) is 0 Å². The summed E-state index contributed by atoms with van der Waals surface area (Å²) >= 11 is 0. The van der Waals surface area contributed by atoms with Gasteiger partial charge in [-0.25, -0.2) is 0 Å². The Hall–Kier alpha value is -0.0800. The predicted molar refractivity (Wildman–Crippen MR) is 76.4 cm³/mol. The highest BCUT2D eigenvalue weighted by Crippen LogP contribution is 2.24. The van der Waals surface area contributed by atoms with Crippen LogP contribution < -0.4 is 5.32 Å². The number of nitrogens with zero attached hydrogens (tertiary/aromatic N) is 1. The molecule has 1 aliphatic carbocycles. The quantitative estimate of drug-likeness (QED) is 0.811. The zero-order valence-electron chi connectivity index (χ0n) is 12.7. The molecule has 0 amide bonds. The molecule has 0 aromatic rings. The predicted octanol–water partition coefficient (Wildman–Crippen LogP) is 3.27. The normalized spacial score (nSPS) is 26.8. The topological polar surface area (TPSA) is 15.3 Å². The molecule has 0 atom stereocenters. The second-order valence-corrected chi connectivity index (χ2v) is 7.23. The summed E-state index contributed by atoms with van der Waals surface area (Å²) in [6, 6.07) is 1.55. The summed E-state index contributed by atoms with van der Waals surface area (Å²) in [5.41, 5.74) is 0.265. The van der Waals surface area contributed by atoms with Crippen molar-refractivity contribution in [2.45, 2.75) is 77.9 Å². The van der Waals surface area contributed by atoms with E-state index in [4.69, 9.17) is 0 Å². The molecule has 0 radical (unpaired) electrons. The van der Waals surface area contributed by atoms with Gasteiger partial charge in [0.15, 0.2) is 0 Å². The van der Waals surface area contributed by atoms with Crippen LogP contribution in [-0.2, 0) is 0 Å². The molecule has 0 bridgehead atoms. The maximum atomic E-state index is 3.74. The largest absolute Gasteiger partial charge is 0.309 e. The second kappa shape index (κ2) is 6.19. The van der Waals surface area contributed by atoms with Gasteiger partial charge in [-0.05, 0) is 59.4 Å². The average molecular weight is 240 g/mol. The molecule has 0 unspecified atom stereocenters. The lowest BCUT2D eigenvalue weighted by molar-refractivity contribution is 0.152. The summed E-state index contributed by atoms with van der Waals surface area (Å²) in [5.74, 6) is 0.783. The molecule has 0 saturated heterocycles.